The largest absolute Gasteiger partial charge is 0.507 e. The van der Waals surface area contributed by atoms with Gasteiger partial charge in [0.15, 0.2) is 6.10 Å². The van der Waals surface area contributed by atoms with Crippen LogP contribution in [0, 0.1) is 0 Å². The molecule has 0 saturated heterocycles. The van der Waals surface area contributed by atoms with Crippen molar-refractivity contribution in [2.45, 2.75) is 13.0 Å². The van der Waals surface area contributed by atoms with E-state index in [0.717, 1.165) is 0 Å². The molecule has 2 aromatic rings. The number of anilines is 1. The van der Waals surface area contributed by atoms with Crippen molar-refractivity contribution in [1.82, 2.24) is 0 Å². The maximum absolute atomic E-state index is 11.9. The zero-order chi connectivity index (χ0) is 16.1. The number of phenolic OH excluding ortho intramolecular Hbond substituents is 1. The van der Waals surface area contributed by atoms with Gasteiger partial charge in [-0.25, -0.2) is 4.79 Å². The molecule has 1 atom stereocenters. The van der Waals surface area contributed by atoms with Crippen LogP contribution >= 0.6 is 11.6 Å². The summed E-state index contributed by atoms with van der Waals surface area (Å²) in [7, 11) is 0. The Hall–Kier alpha value is -2.53. The summed E-state index contributed by atoms with van der Waals surface area (Å²) >= 11 is 5.69. The van der Waals surface area contributed by atoms with Crippen LogP contribution in [0.5, 0.6) is 5.75 Å². The molecule has 0 heterocycles. The number of phenols is 1. The Kier molecular flexibility index (Phi) is 5.01. The first-order chi connectivity index (χ1) is 10.5. The van der Waals surface area contributed by atoms with Gasteiger partial charge in [-0.1, -0.05) is 29.8 Å². The van der Waals surface area contributed by atoms with Crippen molar-refractivity contribution in [1.29, 1.82) is 0 Å². The summed E-state index contributed by atoms with van der Waals surface area (Å²) in [6.45, 7) is 1.45. The molecule has 0 unspecified atom stereocenters. The van der Waals surface area contributed by atoms with Gasteiger partial charge < -0.3 is 15.2 Å². The molecule has 0 aliphatic carbocycles. The first kappa shape index (κ1) is 15.9. The predicted molar refractivity (Wildman–Crippen MR) is 83.1 cm³/mol. The van der Waals surface area contributed by atoms with Crippen LogP contribution in [0.25, 0.3) is 0 Å². The van der Waals surface area contributed by atoms with Crippen LogP contribution in [0.3, 0.4) is 0 Å². The van der Waals surface area contributed by atoms with Gasteiger partial charge in [-0.15, -0.1) is 0 Å². The van der Waals surface area contributed by atoms with E-state index < -0.39 is 18.0 Å². The molecule has 0 aliphatic rings. The third kappa shape index (κ3) is 3.99. The summed E-state index contributed by atoms with van der Waals surface area (Å²) < 4.78 is 5.04. The second-order valence-electron chi connectivity index (χ2n) is 4.56. The number of aromatic hydroxyl groups is 1. The Morgan fingerprint density at radius 3 is 2.50 bits per heavy atom. The highest BCUT2D eigenvalue weighted by molar-refractivity contribution is 6.30. The lowest BCUT2D eigenvalue weighted by Crippen LogP contribution is -2.30. The molecule has 2 rings (SSSR count). The molecule has 0 spiro atoms. The van der Waals surface area contributed by atoms with Crippen LogP contribution in [0.2, 0.25) is 5.02 Å². The summed E-state index contributed by atoms with van der Waals surface area (Å²) in [6.07, 6.45) is -1.01. The van der Waals surface area contributed by atoms with Crippen molar-refractivity contribution in [2.75, 3.05) is 5.32 Å². The normalized spacial score (nSPS) is 11.5. The molecular weight excluding hydrogens is 306 g/mol. The molecule has 0 aliphatic heterocycles. The van der Waals surface area contributed by atoms with Gasteiger partial charge in [0.25, 0.3) is 5.91 Å². The summed E-state index contributed by atoms with van der Waals surface area (Å²) in [5, 5.41) is 12.6. The SMILES string of the molecule is C[C@@H](OC(=O)c1ccc(Cl)cc1O)C(=O)Nc1ccccc1. The molecule has 2 aromatic carbocycles. The van der Waals surface area contributed by atoms with E-state index in [-0.39, 0.29) is 11.3 Å². The second-order valence-corrected chi connectivity index (χ2v) is 5.00. The first-order valence-corrected chi connectivity index (χ1v) is 6.90. The highest BCUT2D eigenvalue weighted by Crippen LogP contribution is 2.23. The van der Waals surface area contributed by atoms with Crippen molar-refractivity contribution in [3.8, 4) is 5.75 Å². The standard InChI is InChI=1S/C16H14ClNO4/c1-10(15(20)18-12-5-3-2-4-6-12)22-16(21)13-8-7-11(17)9-14(13)19/h2-10,19H,1H3,(H,18,20)/t10-/m1/s1. The van der Waals surface area contributed by atoms with Crippen molar-refractivity contribution in [2.24, 2.45) is 0 Å². The van der Waals surface area contributed by atoms with E-state index in [2.05, 4.69) is 5.32 Å². The van der Waals surface area contributed by atoms with E-state index >= 15 is 0 Å². The molecule has 6 heteroatoms. The van der Waals surface area contributed by atoms with Crippen molar-refractivity contribution in [3.63, 3.8) is 0 Å². The van der Waals surface area contributed by atoms with Crippen LogP contribution in [-0.4, -0.2) is 23.1 Å². The third-order valence-electron chi connectivity index (χ3n) is 2.87. The zero-order valence-electron chi connectivity index (χ0n) is 11.7. The highest BCUT2D eigenvalue weighted by atomic mass is 35.5. The number of amides is 1. The van der Waals surface area contributed by atoms with E-state index in [1.54, 1.807) is 24.3 Å². The lowest BCUT2D eigenvalue weighted by atomic mass is 10.2. The number of esters is 1. The number of hydrogen-bond donors (Lipinski definition) is 2. The molecule has 114 valence electrons. The van der Waals surface area contributed by atoms with Crippen LogP contribution in [-0.2, 0) is 9.53 Å². The minimum absolute atomic E-state index is 0.0521. The molecule has 0 radical (unpaired) electrons. The fourth-order valence-corrected chi connectivity index (χ4v) is 1.89. The van der Waals surface area contributed by atoms with Crippen LogP contribution in [0.15, 0.2) is 48.5 Å². The molecule has 0 saturated carbocycles. The average molecular weight is 320 g/mol. The number of hydrogen-bond acceptors (Lipinski definition) is 4. The number of ether oxygens (including phenoxy) is 1. The van der Waals surface area contributed by atoms with Crippen molar-refractivity contribution < 1.29 is 19.4 Å². The number of benzene rings is 2. The number of carbonyl (C=O) groups excluding carboxylic acids is 2. The minimum atomic E-state index is -1.01. The van der Waals surface area contributed by atoms with E-state index in [0.29, 0.717) is 10.7 Å². The number of halogens is 1. The number of carbonyl (C=O) groups is 2. The highest BCUT2D eigenvalue weighted by Gasteiger charge is 2.21. The zero-order valence-corrected chi connectivity index (χ0v) is 12.5. The van der Waals surface area contributed by atoms with E-state index in [1.807, 2.05) is 6.07 Å². The minimum Gasteiger partial charge on any atom is -0.507 e. The average Bonchev–Trinajstić information content (AvgIpc) is 2.47. The molecule has 0 fully saturated rings. The molecule has 2 N–H and O–H groups in total. The van der Waals surface area contributed by atoms with Gasteiger partial charge in [0, 0.05) is 10.7 Å². The van der Waals surface area contributed by atoms with Gasteiger partial charge in [0.1, 0.15) is 11.3 Å². The summed E-state index contributed by atoms with van der Waals surface area (Å²) in [4.78, 5) is 23.9. The maximum atomic E-state index is 11.9. The lowest BCUT2D eigenvalue weighted by Gasteiger charge is -2.14. The Labute approximate surface area is 132 Å². The predicted octanol–water partition coefficient (Wildman–Crippen LogP) is 3.23. The fraction of sp³-hybridized carbons (Fsp3) is 0.125. The van der Waals surface area contributed by atoms with Crippen molar-refractivity contribution >= 4 is 29.2 Å². The van der Waals surface area contributed by atoms with E-state index in [9.17, 15) is 14.7 Å². The number of rotatable bonds is 4. The van der Waals surface area contributed by atoms with Gasteiger partial charge in [0.2, 0.25) is 0 Å². The van der Waals surface area contributed by atoms with E-state index in [4.69, 9.17) is 16.3 Å². The van der Waals surface area contributed by atoms with Crippen LogP contribution < -0.4 is 5.32 Å². The molecule has 22 heavy (non-hydrogen) atoms. The van der Waals surface area contributed by atoms with Gasteiger partial charge in [-0.3, -0.25) is 4.79 Å². The molecule has 1 amide bonds. The molecular formula is C16H14ClNO4. The lowest BCUT2D eigenvalue weighted by molar-refractivity contribution is -0.123. The smallest absolute Gasteiger partial charge is 0.342 e. The molecule has 0 aromatic heterocycles. The number of nitrogens with one attached hydrogen (secondary N) is 1. The topological polar surface area (TPSA) is 75.6 Å². The van der Waals surface area contributed by atoms with E-state index in [1.165, 1.54) is 25.1 Å². The van der Waals surface area contributed by atoms with Gasteiger partial charge in [-0.2, -0.15) is 0 Å². The first-order valence-electron chi connectivity index (χ1n) is 6.53. The second kappa shape index (κ2) is 6.95. The number of para-hydroxylation sites is 1. The fourth-order valence-electron chi connectivity index (χ4n) is 1.72. The van der Waals surface area contributed by atoms with Crippen LogP contribution in [0.1, 0.15) is 17.3 Å². The Morgan fingerprint density at radius 2 is 1.86 bits per heavy atom. The monoisotopic (exact) mass is 319 g/mol. The van der Waals surface area contributed by atoms with Gasteiger partial charge in [0.05, 0.1) is 0 Å². The molecule has 5 nitrogen and oxygen atoms in total. The Balaban J connectivity index is 2.00. The maximum Gasteiger partial charge on any atom is 0.342 e. The Bertz CT molecular complexity index is 688. The summed E-state index contributed by atoms with van der Waals surface area (Å²) in [5.74, 6) is -1.56. The quantitative estimate of drug-likeness (QED) is 0.848. The Morgan fingerprint density at radius 1 is 1.18 bits per heavy atom. The van der Waals surface area contributed by atoms with Crippen LogP contribution in [0.4, 0.5) is 5.69 Å². The molecule has 0 bridgehead atoms. The third-order valence-corrected chi connectivity index (χ3v) is 3.11. The van der Waals surface area contributed by atoms with Crippen molar-refractivity contribution in [3.05, 3.63) is 59.1 Å². The van der Waals surface area contributed by atoms with Gasteiger partial charge in [-0.05, 0) is 37.3 Å². The van der Waals surface area contributed by atoms with Gasteiger partial charge >= 0.3 is 5.97 Å². The summed E-state index contributed by atoms with van der Waals surface area (Å²) in [5.41, 5.74) is 0.550. The summed E-state index contributed by atoms with van der Waals surface area (Å²) in [6, 6.07) is 12.8.